The fourth-order valence-corrected chi connectivity index (χ4v) is 3.15. The summed E-state index contributed by atoms with van der Waals surface area (Å²) in [4.78, 5) is 25.3. The third-order valence-corrected chi connectivity index (χ3v) is 4.54. The largest absolute Gasteiger partial charge is 0.368 e. The van der Waals surface area contributed by atoms with Crippen molar-refractivity contribution in [2.24, 2.45) is 0 Å². The van der Waals surface area contributed by atoms with Crippen LogP contribution in [0.15, 0.2) is 42.5 Å². The Hall–Kier alpha value is -2.89. The Morgan fingerprint density at radius 2 is 1.92 bits per heavy atom. The normalized spacial score (nSPS) is 17.0. The third kappa shape index (κ3) is 3.63. The zero-order valence-electron chi connectivity index (χ0n) is 14.4. The summed E-state index contributed by atoms with van der Waals surface area (Å²) in [7, 11) is 0. The maximum Gasteiger partial charge on any atom is 0.295 e. The molecule has 1 unspecified atom stereocenters. The number of carbonyl (C=O) groups is 1. The van der Waals surface area contributed by atoms with Crippen LogP contribution in [-0.2, 0) is 11.3 Å². The summed E-state index contributed by atoms with van der Waals surface area (Å²) in [6.45, 7) is 4.93. The first kappa shape index (κ1) is 17.0. The minimum atomic E-state index is -0.425. The lowest BCUT2D eigenvalue weighted by atomic mass is 10.1. The van der Waals surface area contributed by atoms with Crippen molar-refractivity contribution < 1.29 is 9.72 Å². The van der Waals surface area contributed by atoms with Crippen LogP contribution in [0.2, 0.25) is 0 Å². The summed E-state index contributed by atoms with van der Waals surface area (Å²) in [5.74, 6) is -0.0172. The molecule has 1 heterocycles. The maximum absolute atomic E-state index is 12.6. The number of rotatable bonds is 5. The molecule has 1 atom stereocenters. The lowest BCUT2D eigenvalue weighted by Crippen LogP contribution is -2.33. The number of benzene rings is 2. The van der Waals surface area contributed by atoms with Crippen LogP contribution in [-0.4, -0.2) is 28.3 Å². The van der Waals surface area contributed by atoms with Gasteiger partial charge in [0, 0.05) is 18.7 Å². The first-order chi connectivity index (χ1) is 12.0. The Morgan fingerprint density at radius 1 is 1.20 bits per heavy atom. The average molecular weight is 339 g/mol. The van der Waals surface area contributed by atoms with E-state index < -0.39 is 11.0 Å². The highest BCUT2D eigenvalue weighted by atomic mass is 16.6. The molecule has 1 aliphatic rings. The zero-order valence-corrected chi connectivity index (χ0v) is 14.4. The number of anilines is 1. The van der Waals surface area contributed by atoms with Gasteiger partial charge in [-0.05, 0) is 31.9 Å². The first-order valence-electron chi connectivity index (χ1n) is 8.30. The summed E-state index contributed by atoms with van der Waals surface area (Å²) in [6, 6.07) is 12.8. The fraction of sp³-hybridized carbons (Fsp3) is 0.316. The molecule has 25 heavy (non-hydrogen) atoms. The van der Waals surface area contributed by atoms with Crippen molar-refractivity contribution in [1.29, 1.82) is 0 Å². The molecule has 1 N–H and O–H groups in total. The van der Waals surface area contributed by atoms with Gasteiger partial charge in [-0.25, -0.2) is 0 Å². The summed E-state index contributed by atoms with van der Waals surface area (Å²) < 4.78 is 0. The summed E-state index contributed by atoms with van der Waals surface area (Å²) >= 11 is 0. The highest BCUT2D eigenvalue weighted by Gasteiger charge is 2.33. The van der Waals surface area contributed by atoms with Gasteiger partial charge in [-0.15, -0.1) is 0 Å². The third-order valence-electron chi connectivity index (χ3n) is 4.54. The minimum Gasteiger partial charge on any atom is -0.368 e. The molecule has 6 nitrogen and oxygen atoms in total. The Kier molecular flexibility index (Phi) is 4.70. The van der Waals surface area contributed by atoms with Crippen LogP contribution < -0.4 is 5.32 Å². The fourth-order valence-electron chi connectivity index (χ4n) is 3.15. The van der Waals surface area contributed by atoms with Gasteiger partial charge in [0.25, 0.3) is 5.69 Å². The molecule has 1 saturated heterocycles. The molecule has 2 aromatic carbocycles. The van der Waals surface area contributed by atoms with Crippen molar-refractivity contribution in [1.82, 2.24) is 4.90 Å². The van der Waals surface area contributed by atoms with Gasteiger partial charge in [0.05, 0.1) is 4.92 Å². The molecule has 0 bridgehead atoms. The molecule has 0 saturated carbocycles. The van der Waals surface area contributed by atoms with Crippen LogP contribution in [0, 0.1) is 24.0 Å². The van der Waals surface area contributed by atoms with Crippen LogP contribution in [0.3, 0.4) is 0 Å². The van der Waals surface area contributed by atoms with Gasteiger partial charge in [0.1, 0.15) is 11.7 Å². The van der Waals surface area contributed by atoms with Gasteiger partial charge < -0.3 is 10.2 Å². The topological polar surface area (TPSA) is 75.5 Å². The first-order valence-corrected chi connectivity index (χ1v) is 8.30. The second-order valence-electron chi connectivity index (χ2n) is 6.46. The Morgan fingerprint density at radius 3 is 2.60 bits per heavy atom. The number of amides is 1. The second kappa shape index (κ2) is 6.93. The van der Waals surface area contributed by atoms with E-state index in [0.29, 0.717) is 30.8 Å². The van der Waals surface area contributed by atoms with Crippen molar-refractivity contribution in [3.63, 3.8) is 0 Å². The molecular formula is C19H21N3O3. The Bertz CT molecular complexity index is 802. The molecule has 6 heteroatoms. The number of nitrogens with one attached hydrogen (secondary N) is 1. The highest BCUT2D eigenvalue weighted by Crippen LogP contribution is 2.30. The Balaban J connectivity index is 1.72. The minimum absolute atomic E-state index is 0.0172. The van der Waals surface area contributed by atoms with E-state index in [2.05, 4.69) is 5.32 Å². The lowest BCUT2D eigenvalue weighted by molar-refractivity contribution is -0.384. The maximum atomic E-state index is 12.6. The van der Waals surface area contributed by atoms with Crippen LogP contribution in [0.5, 0.6) is 0 Å². The quantitative estimate of drug-likeness (QED) is 0.669. The number of para-hydroxylation sites is 1. The van der Waals surface area contributed by atoms with E-state index in [9.17, 15) is 14.9 Å². The van der Waals surface area contributed by atoms with Crippen LogP contribution in [0.4, 0.5) is 11.4 Å². The smallest absolute Gasteiger partial charge is 0.295 e. The number of nitro benzene ring substituents is 1. The van der Waals surface area contributed by atoms with E-state index in [1.54, 1.807) is 30.0 Å². The van der Waals surface area contributed by atoms with E-state index in [-0.39, 0.29) is 11.6 Å². The molecule has 0 radical (unpaired) electrons. The highest BCUT2D eigenvalue weighted by molar-refractivity contribution is 5.87. The number of hydrogen-bond acceptors (Lipinski definition) is 4. The zero-order chi connectivity index (χ0) is 18.0. The van der Waals surface area contributed by atoms with Gasteiger partial charge >= 0.3 is 0 Å². The molecule has 0 aromatic heterocycles. The van der Waals surface area contributed by atoms with Crippen LogP contribution in [0.1, 0.15) is 23.1 Å². The van der Waals surface area contributed by atoms with Gasteiger partial charge in [0.2, 0.25) is 5.91 Å². The van der Waals surface area contributed by atoms with Crippen molar-refractivity contribution >= 4 is 17.3 Å². The van der Waals surface area contributed by atoms with E-state index in [1.165, 1.54) is 5.56 Å². The molecule has 1 aliphatic heterocycles. The second-order valence-corrected chi connectivity index (χ2v) is 6.46. The SMILES string of the molecule is Cc1ccc(CN2CCC(Nc3cccc(C)c3[N+](=O)[O-])C2=O)cc1. The average Bonchev–Trinajstić information content (AvgIpc) is 2.90. The van der Waals surface area contributed by atoms with Crippen molar-refractivity contribution in [2.45, 2.75) is 32.9 Å². The molecular weight excluding hydrogens is 318 g/mol. The number of likely N-dealkylation sites (tertiary alicyclic amines) is 1. The monoisotopic (exact) mass is 339 g/mol. The molecule has 3 rings (SSSR count). The van der Waals surface area contributed by atoms with E-state index in [4.69, 9.17) is 0 Å². The van der Waals surface area contributed by atoms with Gasteiger partial charge in [-0.1, -0.05) is 42.0 Å². The number of carbonyl (C=O) groups excluding carboxylic acids is 1. The number of aryl methyl sites for hydroxylation is 2. The standard InChI is InChI=1S/C19H21N3O3/c1-13-6-8-15(9-7-13)12-21-11-10-17(19(21)23)20-16-5-3-4-14(2)18(16)22(24)25/h3-9,17,20H,10-12H2,1-2H3. The van der Waals surface area contributed by atoms with E-state index in [1.807, 2.05) is 31.2 Å². The van der Waals surface area contributed by atoms with Gasteiger partial charge in [0.15, 0.2) is 0 Å². The van der Waals surface area contributed by atoms with E-state index in [0.717, 1.165) is 5.56 Å². The summed E-state index contributed by atoms with van der Waals surface area (Å²) in [6.07, 6.45) is 0.635. The van der Waals surface area contributed by atoms with Crippen molar-refractivity contribution in [2.75, 3.05) is 11.9 Å². The Labute approximate surface area is 146 Å². The number of nitro groups is 1. The number of hydrogen-bond donors (Lipinski definition) is 1. The molecule has 0 aliphatic carbocycles. The molecule has 0 spiro atoms. The molecule has 2 aromatic rings. The lowest BCUT2D eigenvalue weighted by Gasteiger charge is -2.18. The molecule has 130 valence electrons. The van der Waals surface area contributed by atoms with Crippen LogP contribution in [0.25, 0.3) is 0 Å². The number of nitrogens with zero attached hydrogens (tertiary/aromatic N) is 2. The summed E-state index contributed by atoms with van der Waals surface area (Å²) in [5, 5.41) is 14.4. The van der Waals surface area contributed by atoms with Crippen LogP contribution >= 0.6 is 0 Å². The van der Waals surface area contributed by atoms with Crippen molar-refractivity contribution in [3.05, 3.63) is 69.3 Å². The van der Waals surface area contributed by atoms with E-state index >= 15 is 0 Å². The molecule has 1 amide bonds. The summed E-state index contributed by atoms with van der Waals surface area (Å²) in [5.41, 5.74) is 3.29. The predicted octanol–water partition coefficient (Wildman–Crippen LogP) is 3.42. The molecule has 1 fully saturated rings. The van der Waals surface area contributed by atoms with Gasteiger partial charge in [-0.2, -0.15) is 0 Å². The predicted molar refractivity (Wildman–Crippen MR) is 96.5 cm³/mol. The van der Waals surface area contributed by atoms with Gasteiger partial charge in [-0.3, -0.25) is 14.9 Å². The van der Waals surface area contributed by atoms with Crippen molar-refractivity contribution in [3.8, 4) is 0 Å².